The first-order chi connectivity index (χ1) is 13.2. The Hall–Kier alpha value is -2.08. The summed E-state index contributed by atoms with van der Waals surface area (Å²) in [6.45, 7) is 5.60. The SMILES string of the molecule is CC(C)Oc1ccc(Oc2ncc(-c3nsc(C(C)CS(=O)(=O)O)n3)s2)cc1. The number of nitrogens with zero attached hydrogens (tertiary/aromatic N) is 3. The van der Waals surface area contributed by atoms with E-state index >= 15 is 0 Å². The molecule has 3 rings (SSSR count). The van der Waals surface area contributed by atoms with Crippen molar-refractivity contribution in [1.29, 1.82) is 0 Å². The molecule has 0 amide bonds. The molecule has 0 saturated carbocycles. The molecule has 0 spiro atoms. The zero-order valence-corrected chi connectivity index (χ0v) is 17.8. The van der Waals surface area contributed by atoms with Crippen molar-refractivity contribution < 1.29 is 22.4 Å². The third-order valence-corrected chi connectivity index (χ3v) is 6.17. The maximum Gasteiger partial charge on any atom is 0.279 e. The minimum Gasteiger partial charge on any atom is -0.491 e. The van der Waals surface area contributed by atoms with Crippen LogP contribution in [0.2, 0.25) is 0 Å². The zero-order chi connectivity index (χ0) is 20.3. The van der Waals surface area contributed by atoms with Crippen LogP contribution in [0.25, 0.3) is 10.7 Å². The standard InChI is InChI=1S/C17H19N3O5S3/c1-10(2)24-12-4-6-13(7-5-12)25-17-18-8-14(26-17)15-19-16(27-20-15)11(3)9-28(21,22)23/h4-8,10-11H,9H2,1-3H3,(H,21,22,23). The molecule has 1 atom stereocenters. The Labute approximate surface area is 171 Å². The van der Waals surface area contributed by atoms with Crippen molar-refractivity contribution in [3.63, 3.8) is 0 Å². The maximum absolute atomic E-state index is 11.0. The summed E-state index contributed by atoms with van der Waals surface area (Å²) in [4.78, 5) is 9.29. The summed E-state index contributed by atoms with van der Waals surface area (Å²) in [5.74, 6) is 1.01. The molecule has 0 radical (unpaired) electrons. The first-order valence-electron chi connectivity index (χ1n) is 8.39. The van der Waals surface area contributed by atoms with Gasteiger partial charge < -0.3 is 9.47 Å². The van der Waals surface area contributed by atoms with Gasteiger partial charge in [0.1, 0.15) is 16.5 Å². The van der Waals surface area contributed by atoms with E-state index in [1.165, 1.54) is 11.3 Å². The van der Waals surface area contributed by atoms with E-state index < -0.39 is 21.8 Å². The van der Waals surface area contributed by atoms with Gasteiger partial charge in [-0.3, -0.25) is 4.55 Å². The highest BCUT2D eigenvalue weighted by molar-refractivity contribution is 7.85. The molecule has 2 aromatic heterocycles. The fourth-order valence-corrected chi connectivity index (χ4v) is 4.67. The molecule has 0 fully saturated rings. The van der Waals surface area contributed by atoms with Crippen LogP contribution < -0.4 is 9.47 Å². The van der Waals surface area contributed by atoms with E-state index in [4.69, 9.17) is 14.0 Å². The predicted molar refractivity (Wildman–Crippen MR) is 108 cm³/mol. The molecule has 8 nitrogen and oxygen atoms in total. The number of thiazole rings is 1. The number of hydrogen-bond donors (Lipinski definition) is 1. The summed E-state index contributed by atoms with van der Waals surface area (Å²) in [6.07, 6.45) is 1.71. The first kappa shape index (κ1) is 20.6. The van der Waals surface area contributed by atoms with Crippen LogP contribution in [0, 0.1) is 0 Å². The third kappa shape index (κ3) is 5.71. The van der Waals surface area contributed by atoms with Gasteiger partial charge in [-0.05, 0) is 49.6 Å². The highest BCUT2D eigenvalue weighted by atomic mass is 32.2. The molecular weight excluding hydrogens is 422 g/mol. The third-order valence-electron chi connectivity index (χ3n) is 3.43. The van der Waals surface area contributed by atoms with Gasteiger partial charge in [-0.2, -0.15) is 12.8 Å². The second-order valence-electron chi connectivity index (χ2n) is 6.34. The van der Waals surface area contributed by atoms with Crippen LogP contribution in [0.3, 0.4) is 0 Å². The van der Waals surface area contributed by atoms with Gasteiger partial charge in [0, 0.05) is 5.92 Å². The molecule has 0 bridgehead atoms. The van der Waals surface area contributed by atoms with Crippen molar-refractivity contribution in [3.8, 4) is 27.4 Å². The Morgan fingerprint density at radius 2 is 1.82 bits per heavy atom. The molecule has 3 aromatic rings. The van der Waals surface area contributed by atoms with Crippen molar-refractivity contribution in [3.05, 3.63) is 35.5 Å². The van der Waals surface area contributed by atoms with Crippen molar-refractivity contribution in [2.75, 3.05) is 5.75 Å². The number of benzene rings is 1. The molecule has 1 aromatic carbocycles. The average molecular weight is 442 g/mol. The molecule has 2 heterocycles. The van der Waals surface area contributed by atoms with E-state index in [-0.39, 0.29) is 6.10 Å². The van der Waals surface area contributed by atoms with Gasteiger partial charge in [0.05, 0.1) is 22.9 Å². The number of rotatable bonds is 8. The Bertz CT molecular complexity index is 1030. The van der Waals surface area contributed by atoms with Gasteiger partial charge in [-0.15, -0.1) is 0 Å². The highest BCUT2D eigenvalue weighted by Crippen LogP contribution is 2.33. The summed E-state index contributed by atoms with van der Waals surface area (Å²) in [5.41, 5.74) is 0. The van der Waals surface area contributed by atoms with Gasteiger partial charge >= 0.3 is 0 Å². The van der Waals surface area contributed by atoms with Gasteiger partial charge in [0.15, 0.2) is 5.82 Å². The summed E-state index contributed by atoms with van der Waals surface area (Å²) < 4.78 is 46.6. The average Bonchev–Trinajstić information content (AvgIpc) is 3.24. The van der Waals surface area contributed by atoms with Crippen LogP contribution in [0.5, 0.6) is 16.7 Å². The van der Waals surface area contributed by atoms with Crippen molar-refractivity contribution >= 4 is 33.0 Å². The minimum absolute atomic E-state index is 0.101. The largest absolute Gasteiger partial charge is 0.491 e. The summed E-state index contributed by atoms with van der Waals surface area (Å²) in [7, 11) is -4.07. The highest BCUT2D eigenvalue weighted by Gasteiger charge is 2.20. The smallest absolute Gasteiger partial charge is 0.279 e. The lowest BCUT2D eigenvalue weighted by Gasteiger charge is -2.09. The van der Waals surface area contributed by atoms with Crippen LogP contribution in [0.1, 0.15) is 31.7 Å². The fraction of sp³-hybridized carbons (Fsp3) is 0.353. The molecule has 1 unspecified atom stereocenters. The minimum atomic E-state index is -4.07. The zero-order valence-electron chi connectivity index (χ0n) is 15.4. The van der Waals surface area contributed by atoms with E-state index in [0.29, 0.717) is 26.7 Å². The second kappa shape index (κ2) is 8.52. The number of hydrogen-bond acceptors (Lipinski definition) is 9. The Kier molecular flexibility index (Phi) is 6.28. The van der Waals surface area contributed by atoms with Gasteiger partial charge in [0.25, 0.3) is 15.3 Å². The van der Waals surface area contributed by atoms with E-state index in [1.807, 2.05) is 26.0 Å². The predicted octanol–water partition coefficient (Wildman–Crippen LogP) is 4.23. The molecular formula is C17H19N3O5S3. The molecule has 0 aliphatic carbocycles. The van der Waals surface area contributed by atoms with Gasteiger partial charge in [-0.25, -0.2) is 9.97 Å². The van der Waals surface area contributed by atoms with Crippen molar-refractivity contribution in [2.45, 2.75) is 32.8 Å². The molecule has 150 valence electrons. The monoisotopic (exact) mass is 441 g/mol. The maximum atomic E-state index is 11.0. The molecule has 28 heavy (non-hydrogen) atoms. The lowest BCUT2D eigenvalue weighted by molar-refractivity contribution is 0.242. The van der Waals surface area contributed by atoms with Gasteiger partial charge in [-0.1, -0.05) is 18.3 Å². The lowest BCUT2D eigenvalue weighted by Crippen LogP contribution is -2.10. The molecule has 0 saturated heterocycles. The Balaban J connectivity index is 1.67. The van der Waals surface area contributed by atoms with Gasteiger partial charge in [0.2, 0.25) is 0 Å². The van der Waals surface area contributed by atoms with Crippen molar-refractivity contribution in [2.24, 2.45) is 0 Å². The fourth-order valence-electron chi connectivity index (χ4n) is 2.29. The Morgan fingerprint density at radius 1 is 1.14 bits per heavy atom. The van der Waals surface area contributed by atoms with E-state index in [2.05, 4.69) is 14.3 Å². The summed E-state index contributed by atoms with van der Waals surface area (Å²) in [5, 5.41) is 0.971. The normalized spacial score (nSPS) is 12.9. The van der Waals surface area contributed by atoms with Crippen molar-refractivity contribution in [1.82, 2.24) is 14.3 Å². The topological polar surface area (TPSA) is 112 Å². The summed E-state index contributed by atoms with van der Waals surface area (Å²) in [6, 6.07) is 7.26. The number of ether oxygens (including phenoxy) is 2. The first-order valence-corrected chi connectivity index (χ1v) is 11.6. The van der Waals surface area contributed by atoms with Crippen LogP contribution >= 0.6 is 22.9 Å². The van der Waals surface area contributed by atoms with E-state index in [9.17, 15) is 8.42 Å². The lowest BCUT2D eigenvalue weighted by atomic mass is 10.2. The quantitative estimate of drug-likeness (QED) is 0.517. The molecule has 1 N–H and O–H groups in total. The summed E-state index contributed by atoms with van der Waals surface area (Å²) >= 11 is 2.38. The van der Waals surface area contributed by atoms with Crippen LogP contribution in [0.4, 0.5) is 0 Å². The Morgan fingerprint density at radius 3 is 2.46 bits per heavy atom. The van der Waals surface area contributed by atoms with E-state index in [0.717, 1.165) is 17.3 Å². The van der Waals surface area contributed by atoms with Crippen LogP contribution in [-0.2, 0) is 10.1 Å². The van der Waals surface area contributed by atoms with E-state index in [1.54, 1.807) is 25.3 Å². The van der Waals surface area contributed by atoms with Crippen LogP contribution in [-0.4, -0.2) is 39.2 Å². The molecule has 11 heteroatoms. The molecule has 0 aliphatic heterocycles. The molecule has 0 aliphatic rings. The number of aromatic nitrogens is 3. The second-order valence-corrected chi connectivity index (χ2v) is 9.61. The van der Waals surface area contributed by atoms with Crippen LogP contribution in [0.15, 0.2) is 30.5 Å².